The second kappa shape index (κ2) is 9.51. The molecule has 6 nitrogen and oxygen atoms in total. The molecule has 0 atom stereocenters. The number of benzene rings is 1. The second-order valence-electron chi connectivity index (χ2n) is 7.85. The highest BCUT2D eigenvalue weighted by Gasteiger charge is 2.38. The minimum absolute atomic E-state index is 0.0429. The lowest BCUT2D eigenvalue weighted by molar-refractivity contribution is -0.143. The normalized spacial score (nSPS) is 15.7. The molecule has 0 radical (unpaired) electrons. The molecule has 2 heterocycles. The molecule has 1 amide bonds. The third kappa shape index (κ3) is 5.60. The summed E-state index contributed by atoms with van der Waals surface area (Å²) in [5, 5.41) is 7.83. The molecule has 0 N–H and O–H groups in total. The number of alkyl halides is 6. The molecule has 2 aromatic rings. The van der Waals surface area contributed by atoms with E-state index in [2.05, 4.69) is 16.8 Å². The average molecular weight is 488 g/mol. The molecule has 0 bridgehead atoms. The van der Waals surface area contributed by atoms with Crippen LogP contribution >= 0.6 is 0 Å². The molecule has 12 heteroatoms. The van der Waals surface area contributed by atoms with E-state index < -0.39 is 35.3 Å². The maximum atomic E-state index is 13.2. The van der Waals surface area contributed by atoms with Gasteiger partial charge in [0.25, 0.3) is 5.91 Å². The van der Waals surface area contributed by atoms with E-state index in [1.54, 1.807) is 19.2 Å². The predicted molar refractivity (Wildman–Crippen MR) is 111 cm³/mol. The topological polar surface area (TPSA) is 60.2 Å². The van der Waals surface area contributed by atoms with Crippen molar-refractivity contribution in [1.82, 2.24) is 19.7 Å². The first-order chi connectivity index (χ1) is 15.8. The van der Waals surface area contributed by atoms with Gasteiger partial charge in [-0.2, -0.15) is 26.3 Å². The summed E-state index contributed by atoms with van der Waals surface area (Å²) in [5.41, 5.74) is -2.72. The summed E-state index contributed by atoms with van der Waals surface area (Å²) in [7, 11) is 3.04. The van der Waals surface area contributed by atoms with Gasteiger partial charge < -0.3 is 14.2 Å². The number of likely N-dealkylation sites (tertiary alicyclic amines) is 1. The summed E-state index contributed by atoms with van der Waals surface area (Å²) in [5.74, 6) is -0.176. The van der Waals surface area contributed by atoms with Gasteiger partial charge in [-0.3, -0.25) is 4.79 Å². The summed E-state index contributed by atoms with van der Waals surface area (Å²) >= 11 is 0. The van der Waals surface area contributed by atoms with Crippen molar-refractivity contribution in [2.75, 3.05) is 20.2 Å². The van der Waals surface area contributed by atoms with E-state index in [-0.39, 0.29) is 43.4 Å². The van der Waals surface area contributed by atoms with Crippen LogP contribution in [0.25, 0.3) is 6.08 Å². The highest BCUT2D eigenvalue weighted by molar-refractivity contribution is 5.91. The molecule has 3 rings (SSSR count). The minimum Gasteiger partial charge on any atom is -0.497 e. The number of hydrogen-bond donors (Lipinski definition) is 0. The highest BCUT2D eigenvalue weighted by Crippen LogP contribution is 2.39. The number of ether oxygens (including phenoxy) is 1. The fraction of sp³-hybridized carbons (Fsp3) is 0.409. The van der Waals surface area contributed by atoms with Gasteiger partial charge in [0.1, 0.15) is 5.76 Å². The van der Waals surface area contributed by atoms with E-state index in [1.165, 1.54) is 16.6 Å². The van der Waals surface area contributed by atoms with Crippen molar-refractivity contribution in [3.63, 3.8) is 0 Å². The average Bonchev–Trinajstić information content (AvgIpc) is 3.15. The number of methoxy groups -OCH3 is 1. The van der Waals surface area contributed by atoms with E-state index in [4.69, 9.17) is 4.74 Å². The van der Waals surface area contributed by atoms with Gasteiger partial charge in [0.2, 0.25) is 5.82 Å². The Balaban J connectivity index is 1.75. The van der Waals surface area contributed by atoms with E-state index in [1.807, 2.05) is 0 Å². The first-order valence-corrected chi connectivity index (χ1v) is 10.2. The second-order valence-corrected chi connectivity index (χ2v) is 7.85. The van der Waals surface area contributed by atoms with E-state index in [0.717, 1.165) is 12.1 Å². The van der Waals surface area contributed by atoms with Gasteiger partial charge in [-0.05, 0) is 54.7 Å². The Labute approximate surface area is 191 Å². The van der Waals surface area contributed by atoms with Crippen molar-refractivity contribution in [1.29, 1.82) is 0 Å². The van der Waals surface area contributed by atoms with Gasteiger partial charge in [0.15, 0.2) is 5.82 Å². The van der Waals surface area contributed by atoms with Crippen LogP contribution in [-0.4, -0.2) is 45.8 Å². The number of carbonyl (C=O) groups excluding carboxylic acids is 1. The quantitative estimate of drug-likeness (QED) is 0.336. The highest BCUT2D eigenvalue weighted by atomic mass is 19.4. The van der Waals surface area contributed by atoms with E-state index >= 15 is 0 Å². The zero-order valence-corrected chi connectivity index (χ0v) is 18.4. The van der Waals surface area contributed by atoms with Crippen molar-refractivity contribution >= 4 is 12.0 Å². The van der Waals surface area contributed by atoms with Crippen molar-refractivity contribution < 1.29 is 35.9 Å². The largest absolute Gasteiger partial charge is 0.497 e. The zero-order chi connectivity index (χ0) is 25.3. The van der Waals surface area contributed by atoms with Crippen LogP contribution in [0, 0.1) is 0 Å². The number of rotatable bonds is 5. The number of amides is 1. The third-order valence-corrected chi connectivity index (χ3v) is 5.64. The maximum absolute atomic E-state index is 13.2. The standard InChI is InChI=1S/C22H22F6N4O2/c1-13(34-3)4-5-18-29-30-19(31(18)2)20(33)32-8-6-14(7-9-32)15-10-16(21(23,24)25)12-17(11-15)22(26,27)28/h4-5,10-12,14H,1,6-9H2,2-3H3/b5-4-. The molecule has 1 fully saturated rings. The number of piperidine rings is 1. The fourth-order valence-electron chi connectivity index (χ4n) is 3.68. The summed E-state index contributed by atoms with van der Waals surface area (Å²) in [6.07, 6.45) is -6.27. The van der Waals surface area contributed by atoms with Crippen LogP contribution in [0.1, 0.15) is 51.9 Å². The first-order valence-electron chi connectivity index (χ1n) is 10.2. The van der Waals surface area contributed by atoms with Crippen LogP contribution in [0.2, 0.25) is 0 Å². The molecule has 34 heavy (non-hydrogen) atoms. The molecule has 1 saturated heterocycles. The molecule has 0 unspecified atom stereocenters. The number of halogens is 6. The Morgan fingerprint density at radius 3 is 2.12 bits per heavy atom. The Morgan fingerprint density at radius 1 is 1.06 bits per heavy atom. The van der Waals surface area contributed by atoms with Gasteiger partial charge >= 0.3 is 12.4 Å². The zero-order valence-electron chi connectivity index (χ0n) is 18.4. The summed E-state index contributed by atoms with van der Waals surface area (Å²) in [6, 6.07) is 1.63. The van der Waals surface area contributed by atoms with Crippen LogP contribution in [0.5, 0.6) is 0 Å². The van der Waals surface area contributed by atoms with Gasteiger partial charge in [-0.25, -0.2) is 0 Å². The smallest absolute Gasteiger partial charge is 0.416 e. The summed E-state index contributed by atoms with van der Waals surface area (Å²) < 4.78 is 85.4. The lowest BCUT2D eigenvalue weighted by Gasteiger charge is -2.32. The molecule has 1 aromatic heterocycles. The van der Waals surface area contributed by atoms with Crippen molar-refractivity contribution in [3.8, 4) is 0 Å². The van der Waals surface area contributed by atoms with Crippen molar-refractivity contribution in [3.05, 3.63) is 65.0 Å². The first kappa shape index (κ1) is 25.3. The summed E-state index contributed by atoms with van der Waals surface area (Å²) in [6.45, 7) is 3.94. The Morgan fingerprint density at radius 2 is 1.62 bits per heavy atom. The van der Waals surface area contributed by atoms with Crippen molar-refractivity contribution in [2.45, 2.75) is 31.1 Å². The van der Waals surface area contributed by atoms with Crippen LogP contribution in [0.15, 0.2) is 36.6 Å². The number of hydrogen-bond acceptors (Lipinski definition) is 4. The Hall–Kier alpha value is -3.31. The van der Waals surface area contributed by atoms with Gasteiger partial charge in [0, 0.05) is 20.1 Å². The molecule has 0 aliphatic carbocycles. The number of nitrogens with zero attached hydrogens (tertiary/aromatic N) is 4. The van der Waals surface area contributed by atoms with Crippen LogP contribution < -0.4 is 0 Å². The van der Waals surface area contributed by atoms with Crippen LogP contribution in [0.4, 0.5) is 26.3 Å². The van der Waals surface area contributed by atoms with Crippen LogP contribution in [0.3, 0.4) is 0 Å². The molecule has 184 valence electrons. The van der Waals surface area contributed by atoms with Gasteiger partial charge in [0.05, 0.1) is 18.2 Å². The number of aromatic nitrogens is 3. The fourth-order valence-corrected chi connectivity index (χ4v) is 3.68. The Bertz CT molecular complexity index is 1060. The molecule has 0 spiro atoms. The number of carbonyl (C=O) groups is 1. The van der Waals surface area contributed by atoms with E-state index in [0.29, 0.717) is 11.6 Å². The van der Waals surface area contributed by atoms with Gasteiger partial charge in [-0.15, -0.1) is 10.2 Å². The van der Waals surface area contributed by atoms with Crippen LogP contribution in [-0.2, 0) is 24.1 Å². The Kier molecular flexibility index (Phi) is 7.08. The molecular weight excluding hydrogens is 466 g/mol. The minimum atomic E-state index is -4.90. The summed E-state index contributed by atoms with van der Waals surface area (Å²) in [4.78, 5) is 14.3. The van der Waals surface area contributed by atoms with Crippen molar-refractivity contribution in [2.24, 2.45) is 7.05 Å². The molecular formula is C22H22F6N4O2. The monoisotopic (exact) mass is 488 g/mol. The maximum Gasteiger partial charge on any atom is 0.416 e. The number of allylic oxidation sites excluding steroid dienone is 1. The van der Waals surface area contributed by atoms with E-state index in [9.17, 15) is 31.1 Å². The molecule has 0 saturated carbocycles. The SMILES string of the molecule is C=C(/C=C\c1nnc(C(=O)N2CCC(c3cc(C(F)(F)F)cc(C(F)(F)F)c3)CC2)n1C)OC. The lowest BCUT2D eigenvalue weighted by atomic mass is 9.87. The molecule has 1 aliphatic rings. The molecule has 1 aliphatic heterocycles. The molecule has 1 aromatic carbocycles. The van der Waals surface area contributed by atoms with Gasteiger partial charge in [-0.1, -0.05) is 6.58 Å². The lowest BCUT2D eigenvalue weighted by Crippen LogP contribution is -2.39. The predicted octanol–water partition coefficient (Wildman–Crippen LogP) is 5.05. The third-order valence-electron chi connectivity index (χ3n) is 5.64.